The van der Waals surface area contributed by atoms with E-state index in [-0.39, 0.29) is 0 Å². The number of hydrogen-bond donors (Lipinski definition) is 1. The molecule has 2 heterocycles. The minimum Gasteiger partial charge on any atom is -0.369 e. The molecule has 1 aromatic rings. The smallest absolute Gasteiger partial charge is 0.137 e. The summed E-state index contributed by atoms with van der Waals surface area (Å²) in [5.74, 6) is 4.66. The van der Waals surface area contributed by atoms with Gasteiger partial charge in [-0.3, -0.25) is 0 Å². The van der Waals surface area contributed by atoms with Crippen LogP contribution < -0.4 is 5.32 Å². The Balaban J connectivity index is 1.97. The predicted molar refractivity (Wildman–Crippen MR) is 83.1 cm³/mol. The third kappa shape index (κ3) is 3.93. The van der Waals surface area contributed by atoms with Gasteiger partial charge in [0.25, 0.3) is 0 Å². The lowest BCUT2D eigenvalue weighted by Gasteiger charge is -2.22. The molecular weight excluding hydrogens is 286 g/mol. The van der Waals surface area contributed by atoms with Crippen molar-refractivity contribution >= 4 is 40.9 Å². The van der Waals surface area contributed by atoms with E-state index in [1.54, 1.807) is 0 Å². The first-order valence-corrected chi connectivity index (χ1v) is 8.82. The monoisotopic (exact) mass is 303 g/mol. The maximum atomic E-state index is 6.13. The average molecular weight is 304 g/mol. The molecule has 2 rings (SSSR count). The maximum absolute atomic E-state index is 6.13. The molecule has 1 N–H and O–H groups in total. The molecule has 1 fully saturated rings. The summed E-state index contributed by atoms with van der Waals surface area (Å²) in [4.78, 5) is 8.38. The van der Waals surface area contributed by atoms with Crippen LogP contribution in [-0.2, 0) is 6.42 Å². The van der Waals surface area contributed by atoms with Crippen LogP contribution in [0.4, 0.5) is 5.82 Å². The second kappa shape index (κ2) is 7.46. The molecule has 18 heavy (non-hydrogen) atoms. The van der Waals surface area contributed by atoms with Crippen LogP contribution in [0.2, 0.25) is 5.15 Å². The number of nitrogens with one attached hydrogen (secondary N) is 1. The van der Waals surface area contributed by atoms with Crippen molar-refractivity contribution < 1.29 is 0 Å². The standard InChI is InChI=1S/C12H18ClN3S2/c1-2-3-10-11(13)15-8-16-12(10)14-6-9-7-17-4-5-18-9/h8-9H,2-7H2,1H3,(H,14,15,16). The van der Waals surface area contributed by atoms with Gasteiger partial charge in [-0.15, -0.1) is 0 Å². The Morgan fingerprint density at radius 2 is 2.33 bits per heavy atom. The van der Waals surface area contributed by atoms with Crippen molar-refractivity contribution in [2.24, 2.45) is 0 Å². The molecule has 6 heteroatoms. The molecule has 0 saturated carbocycles. The highest BCUT2D eigenvalue weighted by atomic mass is 35.5. The average Bonchev–Trinajstić information content (AvgIpc) is 2.41. The molecule has 0 bridgehead atoms. The number of aromatic nitrogens is 2. The van der Waals surface area contributed by atoms with Crippen molar-refractivity contribution in [2.75, 3.05) is 29.1 Å². The second-order valence-corrected chi connectivity index (χ2v) is 7.11. The lowest BCUT2D eigenvalue weighted by molar-refractivity contribution is 0.892. The van der Waals surface area contributed by atoms with Crippen molar-refractivity contribution in [3.8, 4) is 0 Å². The van der Waals surface area contributed by atoms with Crippen molar-refractivity contribution in [3.63, 3.8) is 0 Å². The van der Waals surface area contributed by atoms with E-state index in [4.69, 9.17) is 11.6 Å². The molecule has 1 aromatic heterocycles. The van der Waals surface area contributed by atoms with E-state index in [2.05, 4.69) is 22.2 Å². The number of thioether (sulfide) groups is 2. The van der Waals surface area contributed by atoms with Crippen LogP contribution in [0, 0.1) is 0 Å². The van der Waals surface area contributed by atoms with Crippen LogP contribution in [0.3, 0.4) is 0 Å². The number of rotatable bonds is 5. The Morgan fingerprint density at radius 1 is 1.44 bits per heavy atom. The van der Waals surface area contributed by atoms with E-state index in [0.29, 0.717) is 10.4 Å². The van der Waals surface area contributed by atoms with Crippen LogP contribution >= 0.6 is 35.1 Å². The lowest BCUT2D eigenvalue weighted by Crippen LogP contribution is -2.24. The van der Waals surface area contributed by atoms with Crippen LogP contribution in [0.15, 0.2) is 6.33 Å². The predicted octanol–water partition coefficient (Wildman–Crippen LogP) is 3.34. The van der Waals surface area contributed by atoms with Gasteiger partial charge in [0.2, 0.25) is 0 Å². The maximum Gasteiger partial charge on any atom is 0.137 e. The number of halogens is 1. The first-order valence-electron chi connectivity index (χ1n) is 6.24. The van der Waals surface area contributed by atoms with E-state index in [1.807, 2.05) is 23.5 Å². The van der Waals surface area contributed by atoms with Gasteiger partial charge in [0.1, 0.15) is 17.3 Å². The first-order chi connectivity index (χ1) is 8.81. The molecule has 100 valence electrons. The minimum absolute atomic E-state index is 0.583. The van der Waals surface area contributed by atoms with Crippen molar-refractivity contribution in [3.05, 3.63) is 17.0 Å². The summed E-state index contributed by atoms with van der Waals surface area (Å²) < 4.78 is 0. The van der Waals surface area contributed by atoms with Gasteiger partial charge in [-0.1, -0.05) is 24.9 Å². The van der Waals surface area contributed by atoms with Gasteiger partial charge in [0.15, 0.2) is 0 Å². The Morgan fingerprint density at radius 3 is 3.06 bits per heavy atom. The molecule has 1 unspecified atom stereocenters. The van der Waals surface area contributed by atoms with Crippen LogP contribution in [0.1, 0.15) is 18.9 Å². The van der Waals surface area contributed by atoms with Crippen LogP contribution in [0.25, 0.3) is 0 Å². The molecular formula is C12H18ClN3S2. The summed E-state index contributed by atoms with van der Waals surface area (Å²) in [5.41, 5.74) is 1.05. The zero-order chi connectivity index (χ0) is 12.8. The molecule has 0 amide bonds. The topological polar surface area (TPSA) is 37.8 Å². The van der Waals surface area contributed by atoms with E-state index >= 15 is 0 Å². The van der Waals surface area contributed by atoms with Crippen LogP contribution in [-0.4, -0.2) is 39.0 Å². The van der Waals surface area contributed by atoms with Gasteiger partial charge in [-0.2, -0.15) is 23.5 Å². The highest BCUT2D eigenvalue weighted by Crippen LogP contribution is 2.26. The highest BCUT2D eigenvalue weighted by molar-refractivity contribution is 8.06. The fraction of sp³-hybridized carbons (Fsp3) is 0.667. The Bertz CT molecular complexity index is 384. The largest absolute Gasteiger partial charge is 0.369 e. The van der Waals surface area contributed by atoms with E-state index in [9.17, 15) is 0 Å². The van der Waals surface area contributed by atoms with Gasteiger partial charge in [0, 0.05) is 34.6 Å². The normalized spacial score (nSPS) is 19.8. The molecule has 0 aliphatic carbocycles. The van der Waals surface area contributed by atoms with Gasteiger partial charge in [-0.05, 0) is 6.42 Å². The third-order valence-corrected chi connectivity index (χ3v) is 5.95. The number of anilines is 1. The molecule has 3 nitrogen and oxygen atoms in total. The van der Waals surface area contributed by atoms with Crippen molar-refractivity contribution in [1.82, 2.24) is 9.97 Å². The molecule has 1 atom stereocenters. The third-order valence-electron chi connectivity index (χ3n) is 2.77. The number of hydrogen-bond acceptors (Lipinski definition) is 5. The first kappa shape index (κ1) is 14.3. The zero-order valence-electron chi connectivity index (χ0n) is 10.5. The highest BCUT2D eigenvalue weighted by Gasteiger charge is 2.15. The molecule has 1 saturated heterocycles. The fourth-order valence-electron chi connectivity index (χ4n) is 1.88. The summed E-state index contributed by atoms with van der Waals surface area (Å²) in [6, 6.07) is 0. The summed E-state index contributed by atoms with van der Waals surface area (Å²) in [6.07, 6.45) is 3.51. The van der Waals surface area contributed by atoms with Gasteiger partial charge in [0.05, 0.1) is 0 Å². The van der Waals surface area contributed by atoms with E-state index < -0.39 is 0 Å². The molecule has 1 aliphatic heterocycles. The van der Waals surface area contributed by atoms with Gasteiger partial charge in [-0.25, -0.2) is 9.97 Å². The summed E-state index contributed by atoms with van der Waals surface area (Å²) in [7, 11) is 0. The van der Waals surface area contributed by atoms with E-state index in [0.717, 1.165) is 30.8 Å². The second-order valence-electron chi connectivity index (χ2n) is 4.19. The molecule has 1 aliphatic rings. The van der Waals surface area contributed by atoms with Crippen molar-refractivity contribution in [1.29, 1.82) is 0 Å². The van der Waals surface area contributed by atoms with E-state index in [1.165, 1.54) is 23.6 Å². The summed E-state index contributed by atoms with van der Waals surface area (Å²) in [6.45, 7) is 3.10. The lowest BCUT2D eigenvalue weighted by atomic mass is 10.2. The SMILES string of the molecule is CCCc1c(Cl)ncnc1NCC1CSCCS1. The Kier molecular flexibility index (Phi) is 5.92. The molecule has 0 radical (unpaired) electrons. The Labute approximate surface area is 122 Å². The van der Waals surface area contributed by atoms with Crippen molar-refractivity contribution in [2.45, 2.75) is 25.0 Å². The van der Waals surface area contributed by atoms with Gasteiger partial charge >= 0.3 is 0 Å². The Hall–Kier alpha value is -0.130. The fourth-order valence-corrected chi connectivity index (χ4v) is 4.72. The molecule has 0 aromatic carbocycles. The van der Waals surface area contributed by atoms with Crippen LogP contribution in [0.5, 0.6) is 0 Å². The quantitative estimate of drug-likeness (QED) is 0.845. The van der Waals surface area contributed by atoms with Gasteiger partial charge < -0.3 is 5.32 Å². The minimum atomic E-state index is 0.583. The summed E-state index contributed by atoms with van der Waals surface area (Å²) >= 11 is 10.2. The summed E-state index contributed by atoms with van der Waals surface area (Å²) in [5, 5.41) is 4.70. The zero-order valence-corrected chi connectivity index (χ0v) is 12.9. The number of nitrogens with zero attached hydrogens (tertiary/aromatic N) is 2. The molecule has 0 spiro atoms.